The van der Waals surface area contributed by atoms with E-state index in [0.29, 0.717) is 32.2 Å². The van der Waals surface area contributed by atoms with E-state index in [1.807, 2.05) is 30.3 Å². The Morgan fingerprint density at radius 2 is 1.79 bits per heavy atom. The summed E-state index contributed by atoms with van der Waals surface area (Å²) < 4.78 is 5.10. The van der Waals surface area contributed by atoms with Gasteiger partial charge in [-0.3, -0.25) is 25.5 Å². The summed E-state index contributed by atoms with van der Waals surface area (Å²) in [4.78, 5) is 26.0. The Morgan fingerprint density at radius 3 is 2.52 bits per heavy atom. The Balaban J connectivity index is 1.46. The number of carbonyl (C=O) groups is 2. The molecule has 0 saturated heterocycles. The Kier molecular flexibility index (Phi) is 5.12. The molecular weight excluding hydrogens is 390 g/mol. The van der Waals surface area contributed by atoms with Gasteiger partial charge in [0.2, 0.25) is 0 Å². The Bertz CT molecular complexity index is 1150. The molecule has 0 spiro atoms. The van der Waals surface area contributed by atoms with E-state index >= 15 is 0 Å². The van der Waals surface area contributed by atoms with Gasteiger partial charge in [-0.15, -0.1) is 11.3 Å². The number of carbonyl (C=O) groups excluding carboxylic acids is 2. The number of aromatic nitrogens is 2. The highest BCUT2D eigenvalue weighted by atomic mass is 32.1. The van der Waals surface area contributed by atoms with Crippen LogP contribution in [0.3, 0.4) is 0 Å². The van der Waals surface area contributed by atoms with E-state index in [1.165, 1.54) is 11.3 Å². The maximum atomic E-state index is 12.5. The number of hydrogen-bond donors (Lipinski definition) is 4. The van der Waals surface area contributed by atoms with Crippen molar-refractivity contribution < 1.29 is 14.3 Å². The largest absolute Gasteiger partial charge is 0.497 e. The number of nitrogens with zero attached hydrogens (tertiary/aromatic N) is 1. The predicted molar refractivity (Wildman–Crippen MR) is 112 cm³/mol. The van der Waals surface area contributed by atoms with Gasteiger partial charge in [-0.1, -0.05) is 18.2 Å². The van der Waals surface area contributed by atoms with Gasteiger partial charge in [0.05, 0.1) is 23.1 Å². The maximum Gasteiger partial charge on any atom is 0.279 e. The normalized spacial score (nSPS) is 10.5. The fourth-order valence-corrected chi connectivity index (χ4v) is 3.56. The predicted octanol–water partition coefficient (Wildman–Crippen LogP) is 3.64. The van der Waals surface area contributed by atoms with Crippen molar-refractivity contribution in [2.75, 3.05) is 17.9 Å². The van der Waals surface area contributed by atoms with E-state index in [4.69, 9.17) is 4.74 Å². The smallest absolute Gasteiger partial charge is 0.279 e. The van der Waals surface area contributed by atoms with Crippen LogP contribution in [-0.2, 0) is 0 Å². The van der Waals surface area contributed by atoms with E-state index in [0.717, 1.165) is 5.69 Å². The summed E-state index contributed by atoms with van der Waals surface area (Å²) in [6.45, 7) is 0. The van der Waals surface area contributed by atoms with Gasteiger partial charge in [-0.2, -0.15) is 5.10 Å². The van der Waals surface area contributed by atoms with E-state index in [9.17, 15) is 9.59 Å². The first kappa shape index (κ1) is 18.5. The molecule has 2 aromatic heterocycles. The number of nitrogens with one attached hydrogen (secondary N) is 4. The van der Waals surface area contributed by atoms with Crippen molar-refractivity contribution >= 4 is 44.9 Å². The molecule has 0 atom stereocenters. The second kappa shape index (κ2) is 8.03. The molecule has 8 nitrogen and oxygen atoms in total. The number of methoxy groups -OCH3 is 1. The second-order valence-electron chi connectivity index (χ2n) is 6.05. The van der Waals surface area contributed by atoms with Gasteiger partial charge in [0.1, 0.15) is 10.6 Å². The Labute approximate surface area is 169 Å². The summed E-state index contributed by atoms with van der Waals surface area (Å²) in [5, 5.41) is 10.4. The zero-order valence-electron chi connectivity index (χ0n) is 15.4. The molecule has 4 aromatic rings. The van der Waals surface area contributed by atoms with E-state index < -0.39 is 0 Å². The maximum absolute atomic E-state index is 12.5. The highest BCUT2D eigenvalue weighted by Crippen LogP contribution is 2.29. The first-order chi connectivity index (χ1) is 14.1. The average Bonchev–Trinajstić information content (AvgIpc) is 3.35. The van der Waals surface area contributed by atoms with Gasteiger partial charge in [0, 0.05) is 5.56 Å². The van der Waals surface area contributed by atoms with Crippen LogP contribution in [0.1, 0.15) is 20.0 Å². The molecule has 2 heterocycles. The molecule has 9 heteroatoms. The molecule has 0 aliphatic heterocycles. The third-order valence-electron chi connectivity index (χ3n) is 4.16. The summed E-state index contributed by atoms with van der Waals surface area (Å²) in [5.74, 6) is 0.452. The number of fused-ring (bicyclic) bond motifs is 1. The van der Waals surface area contributed by atoms with Gasteiger partial charge < -0.3 is 10.1 Å². The van der Waals surface area contributed by atoms with E-state index in [2.05, 4.69) is 26.4 Å². The first-order valence-electron chi connectivity index (χ1n) is 8.69. The van der Waals surface area contributed by atoms with Crippen LogP contribution in [0.5, 0.6) is 5.75 Å². The van der Waals surface area contributed by atoms with Crippen molar-refractivity contribution in [1.29, 1.82) is 0 Å². The molecule has 0 aliphatic carbocycles. The second-order valence-corrected chi connectivity index (χ2v) is 7.11. The van der Waals surface area contributed by atoms with Crippen LogP contribution in [0.25, 0.3) is 10.2 Å². The summed E-state index contributed by atoms with van der Waals surface area (Å²) in [6, 6.07) is 17.8. The molecule has 0 saturated carbocycles. The fraction of sp³-hybridized carbons (Fsp3) is 0.0500. The van der Waals surface area contributed by atoms with Gasteiger partial charge in [-0.05, 0) is 42.5 Å². The van der Waals surface area contributed by atoms with Crippen molar-refractivity contribution in [3.05, 3.63) is 71.1 Å². The number of hydrogen-bond acceptors (Lipinski definition) is 6. The number of hydrazine groups is 1. The number of H-pyrrole nitrogens is 1. The molecule has 0 fully saturated rings. The fourth-order valence-electron chi connectivity index (χ4n) is 2.66. The number of para-hydroxylation sites is 1. The molecular formula is C20H17N5O3S. The van der Waals surface area contributed by atoms with E-state index in [-0.39, 0.29) is 11.8 Å². The zero-order valence-corrected chi connectivity index (χ0v) is 16.2. The van der Waals surface area contributed by atoms with Gasteiger partial charge in [0.15, 0.2) is 5.82 Å². The molecule has 0 bridgehead atoms. The molecule has 146 valence electrons. The lowest BCUT2D eigenvalue weighted by Crippen LogP contribution is -2.28. The SMILES string of the molecule is COc1ccc(C(=O)Nc2n[nH]c3sc(C(=O)NNc4ccccc4)cc23)cc1. The van der Waals surface area contributed by atoms with E-state index in [1.54, 1.807) is 37.4 Å². The molecule has 0 radical (unpaired) electrons. The lowest BCUT2D eigenvalue weighted by molar-refractivity contribution is 0.0965. The highest BCUT2D eigenvalue weighted by Gasteiger charge is 2.17. The van der Waals surface area contributed by atoms with Crippen LogP contribution in [0.2, 0.25) is 0 Å². The molecule has 4 N–H and O–H groups in total. The molecule has 2 amide bonds. The minimum Gasteiger partial charge on any atom is -0.497 e. The van der Waals surface area contributed by atoms with Crippen LogP contribution in [0.4, 0.5) is 11.5 Å². The number of amides is 2. The lowest BCUT2D eigenvalue weighted by atomic mass is 10.2. The zero-order chi connectivity index (χ0) is 20.2. The van der Waals surface area contributed by atoms with Crippen LogP contribution >= 0.6 is 11.3 Å². The van der Waals surface area contributed by atoms with Gasteiger partial charge >= 0.3 is 0 Å². The summed E-state index contributed by atoms with van der Waals surface area (Å²) in [7, 11) is 1.56. The minimum atomic E-state index is -0.302. The molecule has 29 heavy (non-hydrogen) atoms. The Hall–Kier alpha value is -3.85. The number of thiophene rings is 1. The van der Waals surface area contributed by atoms with Crippen LogP contribution in [0, 0.1) is 0 Å². The molecule has 0 unspecified atom stereocenters. The number of rotatable bonds is 6. The summed E-state index contributed by atoms with van der Waals surface area (Å²) in [6.07, 6.45) is 0. The van der Waals surface area contributed by atoms with Crippen molar-refractivity contribution in [3.63, 3.8) is 0 Å². The quantitative estimate of drug-likeness (QED) is 0.365. The van der Waals surface area contributed by atoms with Crippen molar-refractivity contribution in [2.45, 2.75) is 0 Å². The van der Waals surface area contributed by atoms with Crippen LogP contribution in [-0.4, -0.2) is 29.1 Å². The molecule has 4 rings (SSSR count). The summed E-state index contributed by atoms with van der Waals surface area (Å²) in [5.41, 5.74) is 6.76. The molecule has 2 aromatic carbocycles. The van der Waals surface area contributed by atoms with Gasteiger partial charge in [-0.25, -0.2) is 0 Å². The molecule has 0 aliphatic rings. The van der Waals surface area contributed by atoms with Crippen molar-refractivity contribution in [2.24, 2.45) is 0 Å². The minimum absolute atomic E-state index is 0.282. The lowest BCUT2D eigenvalue weighted by Gasteiger charge is -2.06. The number of aromatic amines is 1. The monoisotopic (exact) mass is 407 g/mol. The topological polar surface area (TPSA) is 108 Å². The van der Waals surface area contributed by atoms with Crippen molar-refractivity contribution in [1.82, 2.24) is 15.6 Å². The number of benzene rings is 2. The Morgan fingerprint density at radius 1 is 1.03 bits per heavy atom. The number of anilines is 2. The average molecular weight is 407 g/mol. The third-order valence-corrected chi connectivity index (χ3v) is 5.20. The first-order valence-corrected chi connectivity index (χ1v) is 9.50. The standard InChI is InChI=1S/C20H17N5O3S/c1-28-14-9-7-12(8-10-14)18(26)21-17-15-11-16(29-20(15)25-23-17)19(27)24-22-13-5-3-2-4-6-13/h2-11,22H,1H3,(H,24,27)(H2,21,23,25,26). The number of ether oxygens (including phenoxy) is 1. The third kappa shape index (κ3) is 4.04. The highest BCUT2D eigenvalue weighted by molar-refractivity contribution is 7.20. The summed E-state index contributed by atoms with van der Waals surface area (Å²) >= 11 is 1.25. The van der Waals surface area contributed by atoms with Crippen LogP contribution < -0.4 is 20.9 Å². The van der Waals surface area contributed by atoms with Gasteiger partial charge in [0.25, 0.3) is 11.8 Å². The van der Waals surface area contributed by atoms with Crippen molar-refractivity contribution in [3.8, 4) is 5.75 Å². The van der Waals surface area contributed by atoms with Crippen LogP contribution in [0.15, 0.2) is 60.7 Å².